The minimum Gasteiger partial charge on any atom is -0.465 e. The lowest BCUT2D eigenvalue weighted by molar-refractivity contribution is -0.122. The van der Waals surface area contributed by atoms with E-state index in [2.05, 4.69) is 5.32 Å². The Balaban J connectivity index is 2.43. The predicted octanol–water partition coefficient (Wildman–Crippen LogP) is -0.652. The van der Waals surface area contributed by atoms with E-state index in [9.17, 15) is 14.4 Å². The zero-order chi connectivity index (χ0) is 10.6. The van der Waals surface area contributed by atoms with Crippen molar-refractivity contribution in [2.75, 3.05) is 6.54 Å². The molecule has 0 aromatic carbocycles. The summed E-state index contributed by atoms with van der Waals surface area (Å²) < 4.78 is 0. The number of hydrogen-bond acceptors (Lipinski definition) is 3. The molecule has 2 amide bonds. The molecule has 0 radical (unpaired) electrons. The van der Waals surface area contributed by atoms with Crippen LogP contribution in [0.1, 0.15) is 12.8 Å². The minimum atomic E-state index is -1.25. The summed E-state index contributed by atoms with van der Waals surface area (Å²) in [5, 5.41) is 13.1. The highest BCUT2D eigenvalue weighted by molar-refractivity contribution is 5.81. The normalized spacial score (nSPS) is 22.6. The first-order valence-corrected chi connectivity index (χ1v) is 4.36. The number of amides is 2. The van der Waals surface area contributed by atoms with E-state index in [4.69, 9.17) is 5.11 Å². The Morgan fingerprint density at radius 2 is 2.50 bits per heavy atom. The van der Waals surface area contributed by atoms with Crippen LogP contribution in [0, 0.1) is 5.92 Å². The fraction of sp³-hybridized carbons (Fsp3) is 0.625. The Bertz CT molecular complexity index is 254. The molecule has 2 atom stereocenters. The lowest BCUT2D eigenvalue weighted by Crippen LogP contribution is -2.37. The Labute approximate surface area is 80.7 Å². The van der Waals surface area contributed by atoms with Gasteiger partial charge < -0.3 is 20.5 Å². The summed E-state index contributed by atoms with van der Waals surface area (Å²) in [7, 11) is 0. The van der Waals surface area contributed by atoms with Gasteiger partial charge in [-0.2, -0.15) is 0 Å². The van der Waals surface area contributed by atoms with Crippen LogP contribution >= 0.6 is 0 Å². The topological polar surface area (TPSA) is 95.5 Å². The van der Waals surface area contributed by atoms with Crippen molar-refractivity contribution in [3.05, 3.63) is 0 Å². The van der Waals surface area contributed by atoms with Gasteiger partial charge in [-0.15, -0.1) is 0 Å². The second-order valence-corrected chi connectivity index (χ2v) is 3.20. The summed E-state index contributed by atoms with van der Waals surface area (Å²) in [6.45, 7) is 0.599. The van der Waals surface area contributed by atoms with Crippen LogP contribution in [0.3, 0.4) is 0 Å². The Hall–Kier alpha value is -1.59. The lowest BCUT2D eigenvalue weighted by Gasteiger charge is -2.12. The largest absolute Gasteiger partial charge is 0.465 e. The summed E-state index contributed by atoms with van der Waals surface area (Å²) in [5.41, 5.74) is 0. The maximum Gasteiger partial charge on any atom is 0.405 e. The summed E-state index contributed by atoms with van der Waals surface area (Å²) in [6, 6.07) is -0.790. The smallest absolute Gasteiger partial charge is 0.405 e. The fourth-order valence-electron chi connectivity index (χ4n) is 1.48. The van der Waals surface area contributed by atoms with Crippen molar-refractivity contribution >= 4 is 18.3 Å². The quantitative estimate of drug-likeness (QED) is 0.525. The first kappa shape index (κ1) is 10.5. The van der Waals surface area contributed by atoms with E-state index < -0.39 is 12.1 Å². The molecule has 3 N–H and O–H groups in total. The van der Waals surface area contributed by atoms with Crippen LogP contribution < -0.4 is 10.6 Å². The number of hydrogen-bond donors (Lipinski definition) is 3. The third-order valence-corrected chi connectivity index (χ3v) is 2.17. The molecule has 0 aliphatic carbocycles. The van der Waals surface area contributed by atoms with Crippen LogP contribution in [-0.2, 0) is 9.59 Å². The highest BCUT2D eigenvalue weighted by Gasteiger charge is 2.27. The molecule has 0 spiro atoms. The molecule has 2 unspecified atom stereocenters. The zero-order valence-corrected chi connectivity index (χ0v) is 7.53. The van der Waals surface area contributed by atoms with Crippen molar-refractivity contribution in [1.29, 1.82) is 0 Å². The first-order valence-electron chi connectivity index (χ1n) is 4.36. The number of nitrogens with one attached hydrogen (secondary N) is 2. The van der Waals surface area contributed by atoms with Gasteiger partial charge in [0.15, 0.2) is 0 Å². The summed E-state index contributed by atoms with van der Waals surface area (Å²) in [4.78, 5) is 31.8. The van der Waals surface area contributed by atoms with Crippen molar-refractivity contribution in [2.24, 2.45) is 5.92 Å². The van der Waals surface area contributed by atoms with Crippen LogP contribution in [0.5, 0.6) is 0 Å². The average Bonchev–Trinajstić information content (AvgIpc) is 2.50. The van der Waals surface area contributed by atoms with Crippen LogP contribution in [0.2, 0.25) is 0 Å². The molecule has 1 rings (SSSR count). The van der Waals surface area contributed by atoms with Gasteiger partial charge in [-0.3, -0.25) is 4.79 Å². The summed E-state index contributed by atoms with van der Waals surface area (Å²) >= 11 is 0. The second-order valence-electron chi connectivity index (χ2n) is 3.20. The summed E-state index contributed by atoms with van der Waals surface area (Å²) in [6.07, 6.45) is 0.159. The van der Waals surface area contributed by atoms with Gasteiger partial charge in [0.1, 0.15) is 6.29 Å². The number of aldehydes is 1. The average molecular weight is 200 g/mol. The molecule has 1 heterocycles. The van der Waals surface area contributed by atoms with Gasteiger partial charge in [-0.25, -0.2) is 4.79 Å². The van der Waals surface area contributed by atoms with Crippen molar-refractivity contribution in [2.45, 2.75) is 18.9 Å². The zero-order valence-electron chi connectivity index (χ0n) is 7.53. The molecule has 0 aromatic heterocycles. The molecule has 0 saturated carbocycles. The molecule has 14 heavy (non-hydrogen) atoms. The highest BCUT2D eigenvalue weighted by Crippen LogP contribution is 2.15. The number of rotatable bonds is 4. The molecule has 0 aromatic rings. The molecule has 1 aliphatic heterocycles. The van der Waals surface area contributed by atoms with Gasteiger partial charge >= 0.3 is 6.09 Å². The second kappa shape index (κ2) is 4.59. The Morgan fingerprint density at radius 3 is 2.93 bits per heavy atom. The van der Waals surface area contributed by atoms with Gasteiger partial charge in [0.2, 0.25) is 5.91 Å². The van der Waals surface area contributed by atoms with E-state index in [0.717, 1.165) is 0 Å². The molecule has 1 fully saturated rings. The van der Waals surface area contributed by atoms with Crippen LogP contribution in [0.4, 0.5) is 4.79 Å². The van der Waals surface area contributed by atoms with E-state index >= 15 is 0 Å². The summed E-state index contributed by atoms with van der Waals surface area (Å²) in [5.74, 6) is -0.360. The van der Waals surface area contributed by atoms with Crippen LogP contribution in [0.25, 0.3) is 0 Å². The van der Waals surface area contributed by atoms with Crippen molar-refractivity contribution in [1.82, 2.24) is 10.6 Å². The standard InChI is InChI=1S/C8H12N2O4/c11-4-6(10-8(13)14)3-5-1-2-9-7(5)12/h4-6,10H,1-3H2,(H,9,12)(H,13,14). The molecule has 1 saturated heterocycles. The van der Waals surface area contributed by atoms with Crippen molar-refractivity contribution in [3.8, 4) is 0 Å². The van der Waals surface area contributed by atoms with Crippen molar-refractivity contribution < 1.29 is 19.5 Å². The van der Waals surface area contributed by atoms with Gasteiger partial charge in [0.25, 0.3) is 0 Å². The van der Waals surface area contributed by atoms with Crippen LogP contribution in [-0.4, -0.2) is 36.0 Å². The first-order chi connectivity index (χ1) is 6.63. The van der Waals surface area contributed by atoms with Gasteiger partial charge in [-0.1, -0.05) is 0 Å². The van der Waals surface area contributed by atoms with E-state index in [-0.39, 0.29) is 18.2 Å². The minimum absolute atomic E-state index is 0.107. The molecule has 1 aliphatic rings. The monoisotopic (exact) mass is 200 g/mol. The number of carbonyl (C=O) groups is 3. The highest BCUT2D eigenvalue weighted by atomic mass is 16.4. The Morgan fingerprint density at radius 1 is 1.79 bits per heavy atom. The maximum atomic E-state index is 11.1. The fourth-order valence-corrected chi connectivity index (χ4v) is 1.48. The van der Waals surface area contributed by atoms with Crippen LogP contribution in [0.15, 0.2) is 0 Å². The Kier molecular flexibility index (Phi) is 3.44. The van der Waals surface area contributed by atoms with Crippen molar-refractivity contribution in [3.63, 3.8) is 0 Å². The molecular weight excluding hydrogens is 188 g/mol. The number of carboxylic acid groups (broad SMARTS) is 1. The SMILES string of the molecule is O=CC(CC1CCNC1=O)NC(=O)O. The van der Waals surface area contributed by atoms with Gasteiger partial charge in [-0.05, 0) is 12.8 Å². The molecular formula is C8H12N2O4. The van der Waals surface area contributed by atoms with E-state index in [1.54, 1.807) is 0 Å². The van der Waals surface area contributed by atoms with Gasteiger partial charge in [0.05, 0.1) is 6.04 Å². The molecule has 6 nitrogen and oxygen atoms in total. The lowest BCUT2D eigenvalue weighted by atomic mass is 9.99. The third kappa shape index (κ3) is 2.72. The van der Waals surface area contributed by atoms with E-state index in [1.807, 2.05) is 5.32 Å². The van der Waals surface area contributed by atoms with E-state index in [1.165, 1.54) is 0 Å². The molecule has 0 bridgehead atoms. The maximum absolute atomic E-state index is 11.1. The van der Waals surface area contributed by atoms with Gasteiger partial charge in [0, 0.05) is 12.5 Å². The molecule has 6 heteroatoms. The van der Waals surface area contributed by atoms with E-state index in [0.29, 0.717) is 19.3 Å². The number of carbonyl (C=O) groups excluding carboxylic acids is 2. The third-order valence-electron chi connectivity index (χ3n) is 2.17. The predicted molar refractivity (Wildman–Crippen MR) is 46.7 cm³/mol. The molecule has 78 valence electrons.